The lowest BCUT2D eigenvalue weighted by Crippen LogP contribution is -2.40. The fraction of sp³-hybridized carbons (Fsp3) is 0.562. The number of nitrogens with one attached hydrogen (secondary N) is 1. The average molecular weight is 314 g/mol. The molecule has 0 bridgehead atoms. The maximum atomic E-state index is 12.7. The lowest BCUT2D eigenvalue weighted by atomic mass is 9.94. The molecule has 1 aliphatic heterocycles. The van der Waals surface area contributed by atoms with Gasteiger partial charge in [-0.05, 0) is 37.4 Å². The van der Waals surface area contributed by atoms with E-state index in [4.69, 9.17) is 0 Å². The van der Waals surface area contributed by atoms with E-state index in [1.165, 1.54) is 0 Å². The Kier molecular flexibility index (Phi) is 5.83. The summed E-state index contributed by atoms with van der Waals surface area (Å²) in [6.45, 7) is 0.474. The molecule has 1 aliphatic rings. The van der Waals surface area contributed by atoms with Gasteiger partial charge in [0, 0.05) is 13.0 Å². The number of hydrogen-bond acceptors (Lipinski definition) is 2. The molecule has 6 heteroatoms. The summed E-state index contributed by atoms with van der Waals surface area (Å²) < 4.78 is 38.2. The third kappa shape index (κ3) is 5.67. The van der Waals surface area contributed by atoms with Gasteiger partial charge in [0.05, 0.1) is 0 Å². The summed E-state index contributed by atoms with van der Waals surface area (Å²) in [5.41, 5.74) is 0.713. The zero-order valence-electron chi connectivity index (χ0n) is 12.4. The van der Waals surface area contributed by atoms with E-state index in [9.17, 15) is 18.0 Å². The molecule has 0 unspecified atom stereocenters. The van der Waals surface area contributed by atoms with Crippen LogP contribution in [-0.2, 0) is 11.3 Å². The highest BCUT2D eigenvalue weighted by Crippen LogP contribution is 2.22. The highest BCUT2D eigenvalue weighted by atomic mass is 19.4. The van der Waals surface area contributed by atoms with Gasteiger partial charge in [0.1, 0.15) is 6.54 Å². The maximum absolute atomic E-state index is 12.7. The lowest BCUT2D eigenvalue weighted by Gasteiger charge is -2.28. The van der Waals surface area contributed by atoms with Gasteiger partial charge >= 0.3 is 6.18 Å². The van der Waals surface area contributed by atoms with Gasteiger partial charge in [-0.1, -0.05) is 30.3 Å². The Morgan fingerprint density at radius 1 is 1.18 bits per heavy atom. The summed E-state index contributed by atoms with van der Waals surface area (Å²) in [7, 11) is 0. The third-order valence-electron chi connectivity index (χ3n) is 3.86. The van der Waals surface area contributed by atoms with Crippen LogP contribution in [0.4, 0.5) is 13.2 Å². The minimum absolute atomic E-state index is 0.00412. The maximum Gasteiger partial charge on any atom is 0.406 e. The second-order valence-electron chi connectivity index (χ2n) is 5.75. The predicted molar refractivity (Wildman–Crippen MR) is 78.1 cm³/mol. The molecule has 0 radical (unpaired) electrons. The van der Waals surface area contributed by atoms with Crippen LogP contribution in [0, 0.1) is 5.92 Å². The number of hydrogen-bond donors (Lipinski definition) is 1. The lowest BCUT2D eigenvalue weighted by molar-refractivity contribution is -0.163. The quantitative estimate of drug-likeness (QED) is 0.906. The topological polar surface area (TPSA) is 32.3 Å². The summed E-state index contributed by atoms with van der Waals surface area (Å²) in [5, 5.41) is 3.19. The highest BCUT2D eigenvalue weighted by molar-refractivity contribution is 5.76. The van der Waals surface area contributed by atoms with Gasteiger partial charge in [-0.15, -0.1) is 0 Å². The van der Waals surface area contributed by atoms with Crippen LogP contribution in [0.1, 0.15) is 24.8 Å². The van der Waals surface area contributed by atoms with E-state index in [1.807, 2.05) is 0 Å². The Bertz CT molecular complexity index is 470. The smallest absolute Gasteiger partial charge is 0.329 e. The number of amides is 1. The van der Waals surface area contributed by atoms with E-state index in [0.717, 1.165) is 30.8 Å². The number of rotatable bonds is 5. The molecule has 1 heterocycles. The average Bonchev–Trinajstić information content (AvgIpc) is 2.47. The van der Waals surface area contributed by atoms with Crippen LogP contribution in [0.15, 0.2) is 30.3 Å². The van der Waals surface area contributed by atoms with Crippen LogP contribution in [0.2, 0.25) is 0 Å². The van der Waals surface area contributed by atoms with Gasteiger partial charge in [-0.2, -0.15) is 13.2 Å². The Morgan fingerprint density at radius 3 is 2.41 bits per heavy atom. The monoisotopic (exact) mass is 314 g/mol. The van der Waals surface area contributed by atoms with Gasteiger partial charge in [0.25, 0.3) is 0 Å². The Hall–Kier alpha value is -1.56. The minimum Gasteiger partial charge on any atom is -0.329 e. The van der Waals surface area contributed by atoms with Gasteiger partial charge in [-0.3, -0.25) is 4.79 Å². The Morgan fingerprint density at radius 2 is 1.82 bits per heavy atom. The molecule has 1 amide bonds. The molecule has 22 heavy (non-hydrogen) atoms. The number of carbonyl (C=O) groups is 1. The van der Waals surface area contributed by atoms with Crippen molar-refractivity contribution in [3.05, 3.63) is 35.9 Å². The first kappa shape index (κ1) is 16.8. The van der Waals surface area contributed by atoms with E-state index in [-0.39, 0.29) is 18.9 Å². The first-order valence-corrected chi connectivity index (χ1v) is 7.53. The van der Waals surface area contributed by atoms with E-state index < -0.39 is 18.6 Å². The molecule has 1 aromatic rings. The van der Waals surface area contributed by atoms with E-state index >= 15 is 0 Å². The van der Waals surface area contributed by atoms with Crippen molar-refractivity contribution in [1.29, 1.82) is 0 Å². The van der Waals surface area contributed by atoms with Crippen molar-refractivity contribution in [2.75, 3.05) is 19.6 Å². The third-order valence-corrected chi connectivity index (χ3v) is 3.86. The van der Waals surface area contributed by atoms with Crippen molar-refractivity contribution in [3.8, 4) is 0 Å². The molecule has 3 nitrogen and oxygen atoms in total. The molecule has 122 valence electrons. The molecular weight excluding hydrogens is 293 g/mol. The predicted octanol–water partition coefficient (Wildman–Crippen LogP) is 2.97. The van der Waals surface area contributed by atoms with Crippen molar-refractivity contribution in [2.24, 2.45) is 5.92 Å². The van der Waals surface area contributed by atoms with Gasteiger partial charge in [0.2, 0.25) is 5.91 Å². The molecular formula is C16H21F3N2O. The summed E-state index contributed by atoms with van der Waals surface area (Å²) in [6.07, 6.45) is -2.49. The minimum atomic E-state index is -4.38. The van der Waals surface area contributed by atoms with Crippen molar-refractivity contribution < 1.29 is 18.0 Å². The normalized spacial score (nSPS) is 16.5. The van der Waals surface area contributed by atoms with E-state index in [1.54, 1.807) is 30.3 Å². The van der Waals surface area contributed by atoms with Crippen molar-refractivity contribution in [2.45, 2.75) is 32.0 Å². The molecule has 1 aromatic carbocycles. The number of carbonyl (C=O) groups excluding carboxylic acids is 1. The van der Waals surface area contributed by atoms with Crippen LogP contribution in [0.25, 0.3) is 0 Å². The molecule has 0 saturated carbocycles. The second-order valence-corrected chi connectivity index (χ2v) is 5.75. The number of halogens is 3. The van der Waals surface area contributed by atoms with Crippen LogP contribution < -0.4 is 5.32 Å². The SMILES string of the molecule is O=C(CC1CCNCC1)N(Cc1ccccc1)CC(F)(F)F. The van der Waals surface area contributed by atoms with Gasteiger partial charge in [0.15, 0.2) is 0 Å². The Labute approximate surface area is 128 Å². The summed E-state index contributed by atoms with van der Waals surface area (Å²) in [6, 6.07) is 8.80. The zero-order chi connectivity index (χ0) is 16.0. The van der Waals surface area contributed by atoms with Gasteiger partial charge in [-0.25, -0.2) is 0 Å². The molecule has 0 aliphatic carbocycles. The standard InChI is InChI=1S/C16H21F3N2O/c17-16(18,19)12-21(11-14-4-2-1-3-5-14)15(22)10-13-6-8-20-9-7-13/h1-5,13,20H,6-12H2. The fourth-order valence-corrected chi connectivity index (χ4v) is 2.71. The molecule has 1 fully saturated rings. The summed E-state index contributed by atoms with van der Waals surface area (Å²) in [5.74, 6) is -0.228. The Balaban J connectivity index is 2.00. The van der Waals surface area contributed by atoms with Crippen molar-refractivity contribution in [3.63, 3.8) is 0 Å². The molecule has 0 atom stereocenters. The second kappa shape index (κ2) is 7.63. The summed E-state index contributed by atoms with van der Waals surface area (Å²) in [4.78, 5) is 13.2. The summed E-state index contributed by atoms with van der Waals surface area (Å²) >= 11 is 0. The molecule has 1 N–H and O–H groups in total. The molecule has 2 rings (SSSR count). The van der Waals surface area contributed by atoms with Crippen LogP contribution in [0.3, 0.4) is 0 Å². The van der Waals surface area contributed by atoms with Crippen molar-refractivity contribution in [1.82, 2.24) is 10.2 Å². The number of benzene rings is 1. The first-order chi connectivity index (χ1) is 10.4. The van der Waals surface area contributed by atoms with Gasteiger partial charge < -0.3 is 10.2 Å². The van der Waals surface area contributed by atoms with E-state index in [0.29, 0.717) is 5.56 Å². The number of alkyl halides is 3. The van der Waals surface area contributed by atoms with Crippen LogP contribution >= 0.6 is 0 Å². The van der Waals surface area contributed by atoms with E-state index in [2.05, 4.69) is 5.32 Å². The first-order valence-electron chi connectivity index (χ1n) is 7.53. The zero-order valence-corrected chi connectivity index (χ0v) is 12.4. The fourth-order valence-electron chi connectivity index (χ4n) is 2.71. The largest absolute Gasteiger partial charge is 0.406 e. The van der Waals surface area contributed by atoms with Crippen molar-refractivity contribution >= 4 is 5.91 Å². The molecule has 0 aromatic heterocycles. The van der Waals surface area contributed by atoms with Crippen LogP contribution in [0.5, 0.6) is 0 Å². The number of nitrogens with zero attached hydrogens (tertiary/aromatic N) is 1. The highest BCUT2D eigenvalue weighted by Gasteiger charge is 2.33. The molecule has 0 spiro atoms. The number of piperidine rings is 1. The van der Waals surface area contributed by atoms with Crippen LogP contribution in [-0.4, -0.2) is 36.6 Å². The molecule has 1 saturated heterocycles.